The third kappa shape index (κ3) is 4.71. The number of methoxy groups -OCH3 is 1. The molecule has 2 aromatic carbocycles. The quantitative estimate of drug-likeness (QED) is 0.847. The predicted molar refractivity (Wildman–Crippen MR) is 107 cm³/mol. The number of nitrogens with one attached hydrogen (secondary N) is 1. The van der Waals surface area contributed by atoms with Crippen molar-refractivity contribution in [2.75, 3.05) is 38.6 Å². The minimum absolute atomic E-state index is 0.763. The summed E-state index contributed by atoms with van der Waals surface area (Å²) in [6.07, 6.45) is 0. The van der Waals surface area contributed by atoms with Crippen LogP contribution < -0.4 is 10.1 Å². The summed E-state index contributed by atoms with van der Waals surface area (Å²) in [4.78, 5) is 4.71. The van der Waals surface area contributed by atoms with E-state index in [0.717, 1.165) is 49.3 Å². The Hall–Kier alpha value is -2.11. The van der Waals surface area contributed by atoms with Crippen LogP contribution in [0.5, 0.6) is 5.75 Å². The van der Waals surface area contributed by atoms with Crippen molar-refractivity contribution in [1.29, 1.82) is 0 Å². The van der Waals surface area contributed by atoms with Crippen molar-refractivity contribution < 1.29 is 4.74 Å². The Bertz CT molecular complexity index is 709. The van der Waals surface area contributed by atoms with Crippen molar-refractivity contribution in [2.24, 2.45) is 0 Å². The first-order valence-electron chi connectivity index (χ1n) is 8.62. The molecule has 0 aliphatic carbocycles. The lowest BCUT2D eigenvalue weighted by atomic mass is 10.1. The van der Waals surface area contributed by atoms with Crippen LogP contribution in [0.2, 0.25) is 0 Å². The van der Waals surface area contributed by atoms with Gasteiger partial charge in [0.25, 0.3) is 0 Å². The first-order chi connectivity index (χ1) is 12.2. The highest BCUT2D eigenvalue weighted by Gasteiger charge is 2.19. The van der Waals surface area contributed by atoms with E-state index in [1.54, 1.807) is 7.11 Å². The van der Waals surface area contributed by atoms with E-state index in [-0.39, 0.29) is 0 Å². The van der Waals surface area contributed by atoms with E-state index in [4.69, 9.17) is 17.0 Å². The van der Waals surface area contributed by atoms with Gasteiger partial charge in [0.2, 0.25) is 0 Å². The lowest BCUT2D eigenvalue weighted by molar-refractivity contribution is 0.177. The molecule has 0 spiro atoms. The third-order valence-corrected chi connectivity index (χ3v) is 4.90. The van der Waals surface area contributed by atoms with E-state index < -0.39 is 0 Å². The van der Waals surface area contributed by atoms with Crippen molar-refractivity contribution >= 4 is 23.0 Å². The Morgan fingerprint density at radius 1 is 1.04 bits per heavy atom. The summed E-state index contributed by atoms with van der Waals surface area (Å²) in [6, 6.07) is 16.6. The van der Waals surface area contributed by atoms with Crippen LogP contribution in [-0.2, 0) is 6.54 Å². The Kier molecular flexibility index (Phi) is 5.89. The molecule has 1 aliphatic rings. The molecule has 0 aromatic heterocycles. The third-order valence-electron chi connectivity index (χ3n) is 4.53. The van der Waals surface area contributed by atoms with Crippen molar-refractivity contribution in [3.63, 3.8) is 0 Å². The number of hydrogen-bond donors (Lipinski definition) is 1. The lowest BCUT2D eigenvalue weighted by Crippen LogP contribution is -2.49. The van der Waals surface area contributed by atoms with Gasteiger partial charge in [0, 0.05) is 32.7 Å². The van der Waals surface area contributed by atoms with Gasteiger partial charge in [0.05, 0.1) is 12.8 Å². The maximum atomic E-state index is 5.59. The van der Waals surface area contributed by atoms with Crippen LogP contribution in [0.3, 0.4) is 0 Å². The molecular weight excluding hydrogens is 330 g/mol. The maximum Gasteiger partial charge on any atom is 0.173 e. The molecule has 1 heterocycles. The van der Waals surface area contributed by atoms with E-state index >= 15 is 0 Å². The summed E-state index contributed by atoms with van der Waals surface area (Å²) in [5, 5.41) is 4.08. The molecule has 3 rings (SSSR count). The molecule has 0 unspecified atom stereocenters. The van der Waals surface area contributed by atoms with E-state index in [1.807, 2.05) is 24.3 Å². The molecule has 0 bridgehead atoms. The smallest absolute Gasteiger partial charge is 0.173 e. The molecule has 1 saturated heterocycles. The van der Waals surface area contributed by atoms with Crippen LogP contribution in [0.4, 0.5) is 5.69 Å². The fraction of sp³-hybridized carbons (Fsp3) is 0.350. The Morgan fingerprint density at radius 2 is 1.72 bits per heavy atom. The van der Waals surface area contributed by atoms with E-state index in [9.17, 15) is 0 Å². The first kappa shape index (κ1) is 17.7. The average Bonchev–Trinajstić information content (AvgIpc) is 2.64. The fourth-order valence-corrected chi connectivity index (χ4v) is 3.30. The number of piperazine rings is 1. The summed E-state index contributed by atoms with van der Waals surface area (Å²) in [6.45, 7) is 7.03. The molecule has 1 N–H and O–H groups in total. The van der Waals surface area contributed by atoms with Crippen LogP contribution in [-0.4, -0.2) is 48.2 Å². The van der Waals surface area contributed by atoms with Crippen molar-refractivity contribution in [3.8, 4) is 5.75 Å². The normalized spacial score (nSPS) is 15.0. The zero-order valence-electron chi connectivity index (χ0n) is 14.9. The zero-order valence-corrected chi connectivity index (χ0v) is 15.7. The van der Waals surface area contributed by atoms with Gasteiger partial charge in [0.1, 0.15) is 5.75 Å². The van der Waals surface area contributed by atoms with Gasteiger partial charge in [-0.05, 0) is 36.8 Å². The number of nitrogens with zero attached hydrogens (tertiary/aromatic N) is 2. The molecule has 5 heteroatoms. The summed E-state index contributed by atoms with van der Waals surface area (Å²) in [5.74, 6) is 0.808. The standard InChI is InChI=1S/C20H25N3OS/c1-16-7-9-17(10-8-16)15-22-11-13-23(14-12-22)20(25)21-18-5-3-4-6-19(18)24-2/h3-10H,11-15H2,1-2H3,(H,21,25). The second kappa shape index (κ2) is 8.32. The van der Waals surface area contributed by atoms with E-state index in [1.165, 1.54) is 11.1 Å². The summed E-state index contributed by atoms with van der Waals surface area (Å²) in [7, 11) is 1.67. The van der Waals surface area contributed by atoms with Gasteiger partial charge in [-0.15, -0.1) is 0 Å². The van der Waals surface area contributed by atoms with Gasteiger partial charge < -0.3 is 15.0 Å². The lowest BCUT2D eigenvalue weighted by Gasteiger charge is -2.36. The second-order valence-corrected chi connectivity index (χ2v) is 6.77. The SMILES string of the molecule is COc1ccccc1NC(=S)N1CCN(Cc2ccc(C)cc2)CC1. The van der Waals surface area contributed by atoms with Gasteiger partial charge in [-0.2, -0.15) is 0 Å². The number of rotatable bonds is 4. The van der Waals surface area contributed by atoms with Gasteiger partial charge >= 0.3 is 0 Å². The molecule has 1 aliphatic heterocycles. The Labute approximate surface area is 155 Å². The van der Waals surface area contributed by atoms with Crippen LogP contribution in [0.25, 0.3) is 0 Å². The average molecular weight is 356 g/mol. The highest BCUT2D eigenvalue weighted by atomic mass is 32.1. The number of ether oxygens (including phenoxy) is 1. The number of thiocarbonyl (C=S) groups is 1. The van der Waals surface area contributed by atoms with Gasteiger partial charge in [-0.1, -0.05) is 42.0 Å². The molecule has 0 saturated carbocycles. The summed E-state index contributed by atoms with van der Waals surface area (Å²) >= 11 is 5.59. The molecule has 1 fully saturated rings. The Morgan fingerprint density at radius 3 is 2.40 bits per heavy atom. The highest BCUT2D eigenvalue weighted by molar-refractivity contribution is 7.80. The summed E-state index contributed by atoms with van der Waals surface area (Å²) in [5.41, 5.74) is 3.59. The number of benzene rings is 2. The highest BCUT2D eigenvalue weighted by Crippen LogP contribution is 2.23. The van der Waals surface area contributed by atoms with Gasteiger partial charge in [-0.3, -0.25) is 4.90 Å². The monoisotopic (exact) mass is 355 g/mol. The van der Waals surface area contributed by atoms with Crippen LogP contribution in [0.15, 0.2) is 48.5 Å². The van der Waals surface area contributed by atoms with Gasteiger partial charge in [0.15, 0.2) is 5.11 Å². The maximum absolute atomic E-state index is 5.59. The molecular formula is C20H25N3OS. The van der Waals surface area contributed by atoms with E-state index in [0.29, 0.717) is 0 Å². The molecule has 25 heavy (non-hydrogen) atoms. The number of anilines is 1. The van der Waals surface area contributed by atoms with Crippen molar-refractivity contribution in [1.82, 2.24) is 9.80 Å². The fourth-order valence-electron chi connectivity index (χ4n) is 3.00. The summed E-state index contributed by atoms with van der Waals surface area (Å²) < 4.78 is 5.38. The van der Waals surface area contributed by atoms with Gasteiger partial charge in [-0.25, -0.2) is 0 Å². The molecule has 0 atom stereocenters. The van der Waals surface area contributed by atoms with E-state index in [2.05, 4.69) is 46.3 Å². The topological polar surface area (TPSA) is 27.7 Å². The predicted octanol–water partition coefficient (Wildman–Crippen LogP) is 3.52. The minimum Gasteiger partial charge on any atom is -0.495 e. The van der Waals surface area contributed by atoms with Crippen molar-refractivity contribution in [3.05, 3.63) is 59.7 Å². The van der Waals surface area contributed by atoms with Crippen molar-refractivity contribution in [2.45, 2.75) is 13.5 Å². The minimum atomic E-state index is 0.763. The Balaban J connectivity index is 1.51. The number of aryl methyl sites for hydroxylation is 1. The zero-order chi connectivity index (χ0) is 17.6. The molecule has 132 valence electrons. The second-order valence-electron chi connectivity index (χ2n) is 6.38. The number of para-hydroxylation sites is 2. The molecule has 0 radical (unpaired) electrons. The molecule has 2 aromatic rings. The largest absolute Gasteiger partial charge is 0.495 e. The molecule has 4 nitrogen and oxygen atoms in total. The van der Waals surface area contributed by atoms with Crippen LogP contribution in [0, 0.1) is 6.92 Å². The van der Waals surface area contributed by atoms with Crippen LogP contribution in [0.1, 0.15) is 11.1 Å². The molecule has 0 amide bonds. The van der Waals surface area contributed by atoms with Crippen LogP contribution >= 0.6 is 12.2 Å². The number of hydrogen-bond acceptors (Lipinski definition) is 3. The first-order valence-corrected chi connectivity index (χ1v) is 9.03.